The van der Waals surface area contributed by atoms with Gasteiger partial charge in [-0.2, -0.15) is 4.98 Å². The van der Waals surface area contributed by atoms with Gasteiger partial charge in [0, 0.05) is 11.8 Å². The number of carbonyl (C=O) groups is 1. The second kappa shape index (κ2) is 9.98. The normalized spacial score (nSPS) is 14.3. The largest absolute Gasteiger partial charge is 0.475 e. The first-order chi connectivity index (χ1) is 16.6. The molecule has 1 atom stereocenters. The monoisotopic (exact) mass is 520 g/mol. The van der Waals surface area contributed by atoms with E-state index in [1.807, 2.05) is 24.8 Å². The van der Waals surface area contributed by atoms with Crippen molar-refractivity contribution in [3.63, 3.8) is 0 Å². The summed E-state index contributed by atoms with van der Waals surface area (Å²) in [6, 6.07) is 3.31. The van der Waals surface area contributed by atoms with E-state index in [4.69, 9.17) is 26.1 Å². The molecule has 0 aromatic carbocycles. The van der Waals surface area contributed by atoms with Crippen LogP contribution in [-0.2, 0) is 4.74 Å². The van der Waals surface area contributed by atoms with Gasteiger partial charge < -0.3 is 14.4 Å². The molecule has 35 heavy (non-hydrogen) atoms. The van der Waals surface area contributed by atoms with E-state index in [0.29, 0.717) is 34.5 Å². The predicted molar refractivity (Wildman–Crippen MR) is 134 cm³/mol. The Labute approximate surface area is 211 Å². The van der Waals surface area contributed by atoms with Gasteiger partial charge in [0.2, 0.25) is 5.88 Å². The van der Waals surface area contributed by atoms with Crippen molar-refractivity contribution >= 4 is 52.0 Å². The summed E-state index contributed by atoms with van der Waals surface area (Å²) in [5, 5.41) is 3.20. The molecule has 186 valence electrons. The topological polar surface area (TPSA) is 102 Å². The lowest BCUT2D eigenvalue weighted by Gasteiger charge is -2.30. The summed E-state index contributed by atoms with van der Waals surface area (Å²) < 4.78 is 26.2. The summed E-state index contributed by atoms with van der Waals surface area (Å²) in [4.78, 5) is 32.0. The summed E-state index contributed by atoms with van der Waals surface area (Å²) in [6.07, 6.45) is 0.977. The van der Waals surface area contributed by atoms with Crippen molar-refractivity contribution in [2.45, 2.75) is 51.4 Å². The summed E-state index contributed by atoms with van der Waals surface area (Å²) in [5.41, 5.74) is 0.119. The maximum atomic E-state index is 15.0. The summed E-state index contributed by atoms with van der Waals surface area (Å²) in [6.45, 7) is 9.95. The molecule has 9 nitrogen and oxygen atoms in total. The Morgan fingerprint density at radius 2 is 2.14 bits per heavy atom. The summed E-state index contributed by atoms with van der Waals surface area (Å²) in [7, 11) is 0. The number of anilines is 2. The number of amides is 1. The third-order valence-corrected chi connectivity index (χ3v) is 6.14. The van der Waals surface area contributed by atoms with E-state index in [2.05, 4.69) is 20.3 Å². The molecule has 3 aromatic rings. The van der Waals surface area contributed by atoms with E-state index in [-0.39, 0.29) is 29.2 Å². The first-order valence-corrected chi connectivity index (χ1v) is 12.5. The molecule has 0 aliphatic carbocycles. The summed E-state index contributed by atoms with van der Waals surface area (Å²) >= 11 is 7.42. The van der Waals surface area contributed by atoms with Crippen LogP contribution in [0.4, 0.5) is 20.8 Å². The van der Waals surface area contributed by atoms with Crippen molar-refractivity contribution in [2.75, 3.05) is 29.1 Å². The Kier molecular flexibility index (Phi) is 7.18. The van der Waals surface area contributed by atoms with Crippen LogP contribution in [0.2, 0.25) is 5.15 Å². The lowest BCUT2D eigenvalue weighted by atomic mass is 10.1. The molecule has 0 saturated heterocycles. The van der Waals surface area contributed by atoms with Crippen LogP contribution < -0.4 is 15.0 Å². The molecule has 4 heterocycles. The fraction of sp³-hybridized carbons (Fsp3) is 0.435. The van der Waals surface area contributed by atoms with Gasteiger partial charge >= 0.3 is 6.09 Å². The smallest absolute Gasteiger partial charge is 0.413 e. The number of aromatic nitrogens is 4. The highest BCUT2D eigenvalue weighted by molar-refractivity contribution is 7.99. The van der Waals surface area contributed by atoms with E-state index in [1.54, 1.807) is 33.0 Å². The standard InChI is InChI=1S/C23H26ClFN6O3S/c1-6-35-21-27-16-14-19(30-21)31(10-11-33-20(14)28-17(24)15(16)25)12(2)13-8-7-9-26-18(13)29-22(32)34-23(3,4)5/h7-9,12H,6,10-11H2,1-5H3,(H,26,29,32). The first-order valence-electron chi connectivity index (χ1n) is 11.1. The maximum Gasteiger partial charge on any atom is 0.413 e. The van der Waals surface area contributed by atoms with Gasteiger partial charge in [-0.1, -0.05) is 36.4 Å². The van der Waals surface area contributed by atoms with Crippen LogP contribution >= 0.6 is 23.4 Å². The molecule has 0 saturated carbocycles. The average Bonchev–Trinajstić information content (AvgIpc) is 2.96. The third-order valence-electron chi connectivity index (χ3n) is 5.16. The molecule has 0 radical (unpaired) electrons. The predicted octanol–water partition coefficient (Wildman–Crippen LogP) is 5.63. The van der Waals surface area contributed by atoms with Crippen LogP contribution in [-0.4, -0.2) is 50.5 Å². The molecule has 0 bridgehead atoms. The van der Waals surface area contributed by atoms with Crippen LogP contribution in [0.1, 0.15) is 46.2 Å². The van der Waals surface area contributed by atoms with Crippen LogP contribution in [0.15, 0.2) is 23.5 Å². The van der Waals surface area contributed by atoms with Crippen LogP contribution in [0.5, 0.6) is 5.88 Å². The van der Waals surface area contributed by atoms with Gasteiger partial charge in [-0.3, -0.25) is 5.32 Å². The van der Waals surface area contributed by atoms with Crippen LogP contribution in [0.3, 0.4) is 0 Å². The number of carbonyl (C=O) groups excluding carboxylic acids is 1. The number of nitrogens with one attached hydrogen (secondary N) is 1. The first kappa shape index (κ1) is 25.2. The average molecular weight is 521 g/mol. The number of hydrogen-bond donors (Lipinski definition) is 1. The number of pyridine rings is 2. The van der Waals surface area contributed by atoms with Crippen LogP contribution in [0.25, 0.3) is 10.9 Å². The molecule has 1 unspecified atom stereocenters. The van der Waals surface area contributed by atoms with Gasteiger partial charge in [0.25, 0.3) is 0 Å². The number of thioether (sulfide) groups is 1. The Morgan fingerprint density at radius 1 is 1.37 bits per heavy atom. The van der Waals surface area contributed by atoms with Gasteiger partial charge in [0.1, 0.15) is 34.7 Å². The highest BCUT2D eigenvalue weighted by Gasteiger charge is 2.30. The number of nitrogens with zero attached hydrogens (tertiary/aromatic N) is 5. The van der Waals surface area contributed by atoms with Crippen molar-refractivity contribution < 1.29 is 18.7 Å². The van der Waals surface area contributed by atoms with E-state index >= 15 is 4.39 Å². The van der Waals surface area contributed by atoms with E-state index in [9.17, 15) is 4.79 Å². The Morgan fingerprint density at radius 3 is 2.86 bits per heavy atom. The zero-order valence-electron chi connectivity index (χ0n) is 20.1. The second-order valence-electron chi connectivity index (χ2n) is 8.79. The van der Waals surface area contributed by atoms with Gasteiger partial charge in [-0.05, 0) is 39.5 Å². The van der Waals surface area contributed by atoms with E-state index in [0.717, 1.165) is 5.56 Å². The molecule has 1 aliphatic rings. The lowest BCUT2D eigenvalue weighted by molar-refractivity contribution is 0.0635. The molecule has 0 fully saturated rings. The minimum absolute atomic E-state index is 0.0540. The van der Waals surface area contributed by atoms with Gasteiger partial charge in [0.15, 0.2) is 16.1 Å². The highest BCUT2D eigenvalue weighted by Crippen LogP contribution is 2.41. The fourth-order valence-electron chi connectivity index (χ4n) is 3.73. The fourth-order valence-corrected chi connectivity index (χ4v) is 4.46. The Hall–Kier alpha value is -2.92. The zero-order chi connectivity index (χ0) is 25.3. The quantitative estimate of drug-likeness (QED) is 0.260. The SMILES string of the molecule is CCSc1nc2c3c(nc(Cl)c(F)c3n1)OCCN2C(C)c1cccnc1NC(=O)OC(C)(C)C. The molecule has 4 rings (SSSR count). The minimum Gasteiger partial charge on any atom is -0.475 e. The molecule has 3 aromatic heterocycles. The van der Waals surface area contributed by atoms with Crippen molar-refractivity contribution in [3.05, 3.63) is 34.9 Å². The van der Waals surface area contributed by atoms with Gasteiger partial charge in [0.05, 0.1) is 12.6 Å². The molecule has 1 N–H and O–H groups in total. The molecular weight excluding hydrogens is 495 g/mol. The minimum atomic E-state index is -0.723. The number of ether oxygens (including phenoxy) is 2. The molecule has 1 amide bonds. The summed E-state index contributed by atoms with van der Waals surface area (Å²) in [5.74, 6) is 0.993. The zero-order valence-corrected chi connectivity index (χ0v) is 21.6. The lowest BCUT2D eigenvalue weighted by Crippen LogP contribution is -2.32. The number of hydrogen-bond acceptors (Lipinski definition) is 9. The van der Waals surface area contributed by atoms with Crippen molar-refractivity contribution in [2.24, 2.45) is 0 Å². The van der Waals surface area contributed by atoms with E-state index < -0.39 is 17.5 Å². The van der Waals surface area contributed by atoms with Crippen molar-refractivity contribution in [1.29, 1.82) is 0 Å². The highest BCUT2D eigenvalue weighted by atomic mass is 35.5. The number of rotatable bonds is 5. The third kappa shape index (κ3) is 5.35. The Balaban J connectivity index is 1.80. The maximum absolute atomic E-state index is 15.0. The molecule has 1 aliphatic heterocycles. The Bertz CT molecular complexity index is 1270. The second-order valence-corrected chi connectivity index (χ2v) is 10.4. The molecular formula is C23H26ClFN6O3S. The van der Waals surface area contributed by atoms with Gasteiger partial charge in [-0.15, -0.1) is 0 Å². The van der Waals surface area contributed by atoms with Gasteiger partial charge in [-0.25, -0.2) is 24.1 Å². The van der Waals surface area contributed by atoms with E-state index in [1.165, 1.54) is 11.8 Å². The van der Waals surface area contributed by atoms with Crippen molar-refractivity contribution in [3.8, 4) is 5.88 Å². The van der Waals surface area contributed by atoms with Crippen molar-refractivity contribution in [1.82, 2.24) is 19.9 Å². The van der Waals surface area contributed by atoms with Crippen LogP contribution in [0, 0.1) is 5.82 Å². The molecule has 0 spiro atoms. The molecule has 12 heteroatoms. The number of halogens is 2.